The molecule has 5 rings (SSSR count). The second-order valence-electron chi connectivity index (χ2n) is 7.86. The number of aromatic nitrogens is 3. The maximum atomic E-state index is 12.5. The van der Waals surface area contributed by atoms with Gasteiger partial charge in [-0.2, -0.15) is 5.10 Å². The Bertz CT molecular complexity index is 1170. The third-order valence-electron chi connectivity index (χ3n) is 5.86. The number of nitrogens with zero attached hydrogens (tertiary/aromatic N) is 4. The molecule has 6 heteroatoms. The van der Waals surface area contributed by atoms with E-state index in [1.54, 1.807) is 17.0 Å². The largest absolute Gasteiger partial charge is 0.415 e. The molecule has 1 aliphatic heterocycles. The monoisotopic (exact) mass is 412 g/mol. The summed E-state index contributed by atoms with van der Waals surface area (Å²) >= 11 is 0. The van der Waals surface area contributed by atoms with E-state index in [1.165, 1.54) is 10.9 Å². The van der Waals surface area contributed by atoms with Crippen LogP contribution in [0.15, 0.2) is 79.1 Å². The van der Waals surface area contributed by atoms with Crippen molar-refractivity contribution in [3.8, 4) is 5.75 Å². The highest BCUT2D eigenvalue weighted by Crippen LogP contribution is 2.33. The smallest absolute Gasteiger partial charge is 0.410 e. The lowest BCUT2D eigenvalue weighted by molar-refractivity contribution is 0.138. The van der Waals surface area contributed by atoms with Crippen molar-refractivity contribution in [2.24, 2.45) is 0 Å². The summed E-state index contributed by atoms with van der Waals surface area (Å²) in [5.74, 6) is 0.903. The Kier molecular flexibility index (Phi) is 5.35. The van der Waals surface area contributed by atoms with Crippen LogP contribution in [0.2, 0.25) is 0 Å². The first-order valence-corrected chi connectivity index (χ1v) is 10.6. The highest BCUT2D eigenvalue weighted by Gasteiger charge is 2.28. The van der Waals surface area contributed by atoms with Crippen molar-refractivity contribution in [1.82, 2.24) is 19.7 Å². The molecule has 6 nitrogen and oxygen atoms in total. The quantitative estimate of drug-likeness (QED) is 0.480. The maximum Gasteiger partial charge on any atom is 0.415 e. The Morgan fingerprint density at radius 1 is 0.935 bits per heavy atom. The number of hydrogen-bond donors (Lipinski definition) is 0. The number of piperidine rings is 1. The summed E-state index contributed by atoms with van der Waals surface area (Å²) in [4.78, 5) is 18.4. The molecule has 0 unspecified atom stereocenters. The molecule has 1 saturated heterocycles. The van der Waals surface area contributed by atoms with Crippen LogP contribution >= 0.6 is 0 Å². The van der Waals surface area contributed by atoms with E-state index in [-0.39, 0.29) is 6.09 Å². The molecule has 156 valence electrons. The first-order valence-electron chi connectivity index (χ1n) is 10.6. The van der Waals surface area contributed by atoms with E-state index in [1.807, 2.05) is 42.7 Å². The molecule has 2 aromatic carbocycles. The van der Waals surface area contributed by atoms with Crippen molar-refractivity contribution in [2.75, 3.05) is 13.1 Å². The van der Waals surface area contributed by atoms with Gasteiger partial charge in [-0.1, -0.05) is 36.4 Å². The third-order valence-corrected chi connectivity index (χ3v) is 5.86. The number of carbonyl (C=O) groups is 1. The van der Waals surface area contributed by atoms with Gasteiger partial charge in [0.1, 0.15) is 5.75 Å². The summed E-state index contributed by atoms with van der Waals surface area (Å²) < 4.78 is 7.58. The summed E-state index contributed by atoms with van der Waals surface area (Å²) in [5.41, 5.74) is 3.44. The number of rotatable bonds is 4. The SMILES string of the molecule is O=C(Oc1ccccc1)N1CCC(c2nn(Cc3ccncc3)c3ccccc23)CC1. The van der Waals surface area contributed by atoms with E-state index < -0.39 is 0 Å². The molecule has 0 N–H and O–H groups in total. The van der Waals surface area contributed by atoms with E-state index in [0.29, 0.717) is 31.3 Å². The van der Waals surface area contributed by atoms with E-state index in [4.69, 9.17) is 9.84 Å². The van der Waals surface area contributed by atoms with E-state index in [9.17, 15) is 4.79 Å². The molecule has 4 aromatic rings. The third kappa shape index (κ3) is 4.14. The summed E-state index contributed by atoms with van der Waals surface area (Å²) in [5, 5.41) is 6.20. The molecule has 1 fully saturated rings. The number of carbonyl (C=O) groups excluding carboxylic acids is 1. The molecule has 3 heterocycles. The van der Waals surface area contributed by atoms with Gasteiger partial charge in [-0.15, -0.1) is 0 Å². The molecule has 1 amide bonds. The van der Waals surface area contributed by atoms with Crippen molar-refractivity contribution in [3.05, 3.63) is 90.4 Å². The fourth-order valence-corrected chi connectivity index (χ4v) is 4.23. The van der Waals surface area contributed by atoms with Crippen LogP contribution in [-0.2, 0) is 6.54 Å². The van der Waals surface area contributed by atoms with E-state index in [0.717, 1.165) is 24.1 Å². The fraction of sp³-hybridized carbons (Fsp3) is 0.240. The molecule has 0 atom stereocenters. The van der Waals surface area contributed by atoms with Crippen molar-refractivity contribution in [1.29, 1.82) is 0 Å². The zero-order chi connectivity index (χ0) is 21.0. The van der Waals surface area contributed by atoms with Crippen LogP contribution < -0.4 is 4.74 Å². The Morgan fingerprint density at radius 3 is 2.42 bits per heavy atom. The van der Waals surface area contributed by atoms with Crippen LogP contribution in [0.3, 0.4) is 0 Å². The first-order chi connectivity index (χ1) is 15.3. The van der Waals surface area contributed by atoms with Crippen molar-refractivity contribution in [3.63, 3.8) is 0 Å². The normalized spacial score (nSPS) is 14.6. The zero-order valence-corrected chi connectivity index (χ0v) is 17.2. The minimum atomic E-state index is -0.280. The van der Waals surface area contributed by atoms with E-state index in [2.05, 4.69) is 33.9 Å². The van der Waals surface area contributed by atoms with Gasteiger partial charge in [0.25, 0.3) is 0 Å². The molecule has 0 spiro atoms. The molecule has 31 heavy (non-hydrogen) atoms. The predicted molar refractivity (Wildman–Crippen MR) is 119 cm³/mol. The average molecular weight is 412 g/mol. The summed E-state index contributed by atoms with van der Waals surface area (Å²) in [7, 11) is 0. The number of pyridine rings is 1. The highest BCUT2D eigenvalue weighted by atomic mass is 16.6. The van der Waals surface area contributed by atoms with Crippen molar-refractivity contribution in [2.45, 2.75) is 25.3 Å². The van der Waals surface area contributed by atoms with Gasteiger partial charge in [0.2, 0.25) is 0 Å². The molecular formula is C25H24N4O2. The Morgan fingerprint density at radius 2 is 1.65 bits per heavy atom. The van der Waals surface area contributed by atoms with Gasteiger partial charge in [0.05, 0.1) is 17.8 Å². The van der Waals surface area contributed by atoms with Crippen LogP contribution in [0.5, 0.6) is 5.75 Å². The van der Waals surface area contributed by atoms with Crippen molar-refractivity contribution < 1.29 is 9.53 Å². The number of hydrogen-bond acceptors (Lipinski definition) is 4. The fourth-order valence-electron chi connectivity index (χ4n) is 4.23. The van der Waals surface area contributed by atoms with Crippen LogP contribution in [0, 0.1) is 0 Å². The number of para-hydroxylation sites is 2. The van der Waals surface area contributed by atoms with Gasteiger partial charge < -0.3 is 9.64 Å². The van der Waals surface area contributed by atoms with Gasteiger partial charge in [-0.05, 0) is 48.7 Å². The minimum absolute atomic E-state index is 0.280. The molecular weight excluding hydrogens is 388 g/mol. The molecule has 1 aliphatic rings. The average Bonchev–Trinajstić information content (AvgIpc) is 3.19. The summed E-state index contributed by atoms with van der Waals surface area (Å²) in [6.07, 6.45) is 5.09. The van der Waals surface area contributed by atoms with Gasteiger partial charge in [-0.25, -0.2) is 4.79 Å². The number of benzene rings is 2. The number of fused-ring (bicyclic) bond motifs is 1. The van der Waals surface area contributed by atoms with Gasteiger partial charge in [0, 0.05) is 36.8 Å². The Balaban J connectivity index is 1.31. The predicted octanol–water partition coefficient (Wildman–Crippen LogP) is 4.86. The zero-order valence-electron chi connectivity index (χ0n) is 17.2. The second-order valence-corrected chi connectivity index (χ2v) is 7.86. The molecule has 0 radical (unpaired) electrons. The summed E-state index contributed by atoms with van der Waals surface area (Å²) in [6, 6.07) is 21.7. The molecule has 2 aromatic heterocycles. The summed E-state index contributed by atoms with van der Waals surface area (Å²) in [6.45, 7) is 2.05. The number of amides is 1. The van der Waals surface area contributed by atoms with Crippen LogP contribution in [-0.4, -0.2) is 38.8 Å². The number of likely N-dealkylation sites (tertiary alicyclic amines) is 1. The lowest BCUT2D eigenvalue weighted by Crippen LogP contribution is -2.39. The van der Waals surface area contributed by atoms with Crippen LogP contribution in [0.4, 0.5) is 4.79 Å². The highest BCUT2D eigenvalue weighted by molar-refractivity contribution is 5.82. The number of ether oxygens (including phenoxy) is 1. The Labute approximate surface area is 181 Å². The standard InChI is InChI=1S/C25H24N4O2/c30-25(31-21-6-2-1-3-7-21)28-16-12-20(13-17-28)24-22-8-4-5-9-23(22)29(27-24)18-19-10-14-26-15-11-19/h1-11,14-15,20H,12-13,16-18H2. The topological polar surface area (TPSA) is 60.2 Å². The molecule has 0 aliphatic carbocycles. The Hall–Kier alpha value is -3.67. The van der Waals surface area contributed by atoms with Gasteiger partial charge in [0.15, 0.2) is 0 Å². The van der Waals surface area contributed by atoms with Crippen LogP contribution in [0.25, 0.3) is 10.9 Å². The lowest BCUT2D eigenvalue weighted by Gasteiger charge is -2.30. The molecule has 0 saturated carbocycles. The van der Waals surface area contributed by atoms with Crippen molar-refractivity contribution >= 4 is 17.0 Å². The minimum Gasteiger partial charge on any atom is -0.410 e. The second kappa shape index (κ2) is 8.60. The lowest BCUT2D eigenvalue weighted by atomic mass is 9.92. The van der Waals surface area contributed by atoms with E-state index >= 15 is 0 Å². The van der Waals surface area contributed by atoms with Crippen LogP contribution in [0.1, 0.15) is 30.0 Å². The van der Waals surface area contributed by atoms with Gasteiger partial charge in [-0.3, -0.25) is 9.67 Å². The maximum absolute atomic E-state index is 12.5. The molecule has 0 bridgehead atoms. The van der Waals surface area contributed by atoms with Gasteiger partial charge >= 0.3 is 6.09 Å². The first kappa shape index (κ1) is 19.3.